The van der Waals surface area contributed by atoms with Gasteiger partial charge in [-0.05, 0) is 53.1 Å². The first-order valence-corrected chi connectivity index (χ1v) is 11.4. The summed E-state index contributed by atoms with van der Waals surface area (Å²) in [5.41, 5.74) is 6.44. The SMILES string of the molecule is CC1=C(C(=O)Cc2ccc3cnccc3c2)C(c2ccc3cc[nH]c3c2)n2nc(CO)cc2C1. The molecule has 5 aromatic rings. The number of hydrogen-bond donors (Lipinski definition) is 2. The van der Waals surface area contributed by atoms with Crippen LogP contribution in [0, 0.1) is 0 Å². The number of carbonyl (C=O) groups is 1. The molecule has 0 fully saturated rings. The van der Waals surface area contributed by atoms with Crippen molar-refractivity contribution in [3.63, 3.8) is 0 Å². The maximum atomic E-state index is 13.8. The third-order valence-electron chi connectivity index (χ3n) is 6.71. The predicted octanol–water partition coefficient (Wildman–Crippen LogP) is 4.68. The largest absolute Gasteiger partial charge is 0.390 e. The normalized spacial score (nSPS) is 15.8. The first-order valence-electron chi connectivity index (χ1n) is 11.4. The van der Waals surface area contributed by atoms with Gasteiger partial charge in [0.05, 0.1) is 12.3 Å². The van der Waals surface area contributed by atoms with Crippen molar-refractivity contribution in [2.75, 3.05) is 0 Å². The van der Waals surface area contributed by atoms with E-state index in [1.165, 1.54) is 0 Å². The minimum Gasteiger partial charge on any atom is -0.390 e. The molecule has 0 saturated heterocycles. The highest BCUT2D eigenvalue weighted by molar-refractivity contribution is 6.00. The van der Waals surface area contributed by atoms with Crippen molar-refractivity contribution in [2.24, 2.45) is 0 Å². The summed E-state index contributed by atoms with van der Waals surface area (Å²) < 4.78 is 1.92. The molecule has 0 radical (unpaired) electrons. The average molecular weight is 449 g/mol. The minimum atomic E-state index is -0.339. The number of aromatic nitrogens is 4. The Balaban J connectivity index is 1.44. The maximum Gasteiger partial charge on any atom is 0.165 e. The Morgan fingerprint density at radius 2 is 1.97 bits per heavy atom. The van der Waals surface area contributed by atoms with Gasteiger partial charge in [-0.2, -0.15) is 5.10 Å². The van der Waals surface area contributed by atoms with Gasteiger partial charge in [0.15, 0.2) is 5.78 Å². The van der Waals surface area contributed by atoms with Crippen LogP contribution in [0.2, 0.25) is 0 Å². The quantitative estimate of drug-likeness (QED) is 0.409. The van der Waals surface area contributed by atoms with E-state index < -0.39 is 0 Å². The molecule has 3 aromatic heterocycles. The molecule has 6 heteroatoms. The van der Waals surface area contributed by atoms with Gasteiger partial charge >= 0.3 is 0 Å². The lowest BCUT2D eigenvalue weighted by Gasteiger charge is -2.29. The van der Waals surface area contributed by atoms with Crippen molar-refractivity contribution in [3.05, 3.63) is 107 Å². The highest BCUT2D eigenvalue weighted by atomic mass is 16.3. The van der Waals surface area contributed by atoms with Crippen LogP contribution < -0.4 is 0 Å². The molecule has 34 heavy (non-hydrogen) atoms. The van der Waals surface area contributed by atoms with Crippen LogP contribution in [0.1, 0.15) is 35.5 Å². The minimum absolute atomic E-state index is 0.0918. The van der Waals surface area contributed by atoms with Crippen LogP contribution in [-0.4, -0.2) is 30.6 Å². The smallest absolute Gasteiger partial charge is 0.165 e. The second-order valence-corrected chi connectivity index (χ2v) is 8.98. The maximum absolute atomic E-state index is 13.8. The third kappa shape index (κ3) is 3.43. The lowest BCUT2D eigenvalue weighted by Crippen LogP contribution is -2.28. The first-order chi connectivity index (χ1) is 16.6. The number of nitrogens with zero attached hydrogens (tertiary/aromatic N) is 3. The van der Waals surface area contributed by atoms with Gasteiger partial charge in [0.1, 0.15) is 6.04 Å². The fraction of sp³-hybridized carbons (Fsp3) is 0.179. The van der Waals surface area contributed by atoms with Gasteiger partial charge in [-0.15, -0.1) is 0 Å². The van der Waals surface area contributed by atoms with Crippen molar-refractivity contribution in [2.45, 2.75) is 32.4 Å². The van der Waals surface area contributed by atoms with E-state index in [1.54, 1.807) is 6.20 Å². The van der Waals surface area contributed by atoms with Gasteiger partial charge in [-0.3, -0.25) is 14.5 Å². The van der Waals surface area contributed by atoms with Crippen LogP contribution in [0.15, 0.2) is 84.3 Å². The summed E-state index contributed by atoms with van der Waals surface area (Å²) in [6.45, 7) is 1.91. The number of rotatable bonds is 5. The summed E-state index contributed by atoms with van der Waals surface area (Å²) in [6.07, 6.45) is 6.47. The molecule has 2 aromatic carbocycles. The van der Waals surface area contributed by atoms with E-state index in [2.05, 4.69) is 39.3 Å². The number of fused-ring (bicyclic) bond motifs is 3. The number of H-pyrrole nitrogens is 1. The van der Waals surface area contributed by atoms with Crippen molar-refractivity contribution in [1.29, 1.82) is 0 Å². The topological polar surface area (TPSA) is 83.8 Å². The van der Waals surface area contributed by atoms with Gasteiger partial charge in [-0.25, -0.2) is 0 Å². The Hall–Kier alpha value is -4.03. The van der Waals surface area contributed by atoms with Gasteiger partial charge in [0, 0.05) is 53.6 Å². The Labute approximate surface area is 196 Å². The van der Waals surface area contributed by atoms with Crippen molar-refractivity contribution >= 4 is 27.5 Å². The molecule has 168 valence electrons. The molecule has 0 saturated carbocycles. The van der Waals surface area contributed by atoms with Crippen molar-refractivity contribution in [3.8, 4) is 0 Å². The molecule has 0 spiro atoms. The number of allylic oxidation sites excluding steroid dienone is 2. The number of aliphatic hydroxyl groups is 1. The zero-order valence-electron chi connectivity index (χ0n) is 18.8. The summed E-state index contributed by atoms with van der Waals surface area (Å²) in [4.78, 5) is 21.3. The molecule has 1 unspecified atom stereocenters. The van der Waals surface area contributed by atoms with Crippen LogP contribution in [0.25, 0.3) is 21.7 Å². The molecule has 1 atom stereocenters. The molecule has 6 rings (SSSR count). The van der Waals surface area contributed by atoms with E-state index in [1.807, 2.05) is 54.3 Å². The number of pyridine rings is 1. The Kier molecular flexibility index (Phi) is 4.89. The molecule has 1 aliphatic rings. The lowest BCUT2D eigenvalue weighted by atomic mass is 9.85. The molecule has 0 aliphatic carbocycles. The van der Waals surface area contributed by atoms with Gasteiger partial charge in [-0.1, -0.05) is 35.9 Å². The Morgan fingerprint density at radius 3 is 2.85 bits per heavy atom. The highest BCUT2D eigenvalue weighted by Crippen LogP contribution is 2.37. The van der Waals surface area contributed by atoms with E-state index in [4.69, 9.17) is 0 Å². The van der Waals surface area contributed by atoms with E-state index in [0.717, 1.165) is 49.6 Å². The van der Waals surface area contributed by atoms with E-state index in [9.17, 15) is 9.90 Å². The molecular formula is C28H24N4O2. The zero-order chi connectivity index (χ0) is 23.2. The number of hydrogen-bond acceptors (Lipinski definition) is 4. The van der Waals surface area contributed by atoms with Crippen LogP contribution in [0.4, 0.5) is 0 Å². The number of aliphatic hydroxyl groups excluding tert-OH is 1. The van der Waals surface area contributed by atoms with Crippen LogP contribution in [0.3, 0.4) is 0 Å². The number of nitrogens with one attached hydrogen (secondary N) is 1. The molecule has 4 heterocycles. The van der Waals surface area contributed by atoms with Gasteiger partial charge in [0.2, 0.25) is 0 Å². The zero-order valence-corrected chi connectivity index (χ0v) is 18.8. The first kappa shape index (κ1) is 20.6. The van der Waals surface area contributed by atoms with Crippen molar-refractivity contribution in [1.82, 2.24) is 19.7 Å². The summed E-state index contributed by atoms with van der Waals surface area (Å²) in [6, 6.07) is 17.9. The third-order valence-corrected chi connectivity index (χ3v) is 6.71. The van der Waals surface area contributed by atoms with Crippen LogP contribution >= 0.6 is 0 Å². The highest BCUT2D eigenvalue weighted by Gasteiger charge is 2.33. The number of benzene rings is 2. The summed E-state index contributed by atoms with van der Waals surface area (Å²) >= 11 is 0. The van der Waals surface area contributed by atoms with E-state index in [-0.39, 0.29) is 18.4 Å². The monoisotopic (exact) mass is 448 g/mol. The summed E-state index contributed by atoms with van der Waals surface area (Å²) in [5.74, 6) is 0.0918. The number of aromatic amines is 1. The molecule has 0 bridgehead atoms. The van der Waals surface area contributed by atoms with Crippen molar-refractivity contribution < 1.29 is 9.90 Å². The second kappa shape index (κ2) is 8.08. The number of Topliss-reactive ketones (excluding diaryl/α,β-unsaturated/α-hetero) is 1. The van der Waals surface area contributed by atoms with Crippen LogP contribution in [-0.2, 0) is 24.2 Å². The van der Waals surface area contributed by atoms with E-state index in [0.29, 0.717) is 18.5 Å². The number of ketones is 1. The second-order valence-electron chi connectivity index (χ2n) is 8.98. The van der Waals surface area contributed by atoms with Gasteiger partial charge in [0.25, 0.3) is 0 Å². The number of carbonyl (C=O) groups excluding carboxylic acids is 1. The fourth-order valence-corrected chi connectivity index (χ4v) is 5.10. The van der Waals surface area contributed by atoms with Gasteiger partial charge < -0.3 is 10.1 Å². The molecule has 0 amide bonds. The molecule has 6 nitrogen and oxygen atoms in total. The molecule has 1 aliphatic heterocycles. The Morgan fingerprint density at radius 1 is 1.09 bits per heavy atom. The molecular weight excluding hydrogens is 424 g/mol. The summed E-state index contributed by atoms with van der Waals surface area (Å²) in [5, 5.41) is 17.6. The Bertz CT molecular complexity index is 1590. The lowest BCUT2D eigenvalue weighted by molar-refractivity contribution is -0.115. The summed E-state index contributed by atoms with van der Waals surface area (Å²) in [7, 11) is 0. The van der Waals surface area contributed by atoms with E-state index >= 15 is 0 Å². The molecule has 2 N–H and O–H groups in total. The van der Waals surface area contributed by atoms with Crippen LogP contribution in [0.5, 0.6) is 0 Å². The average Bonchev–Trinajstić information content (AvgIpc) is 3.49. The standard InChI is InChI=1S/C28H24N4O2/c1-17-10-24-14-23(16-33)31-32(24)28(21-5-4-19-7-9-30-25(19)13-21)27(17)26(34)12-18-2-3-22-15-29-8-6-20(22)11-18/h2-9,11,13-15,28,30,33H,10,12,16H2,1H3. The fourth-order valence-electron chi connectivity index (χ4n) is 5.10. The predicted molar refractivity (Wildman–Crippen MR) is 131 cm³/mol.